The van der Waals surface area contributed by atoms with Crippen molar-refractivity contribution < 1.29 is 9.53 Å². The monoisotopic (exact) mass is 258 g/mol. The number of hydrogen-bond donors (Lipinski definition) is 1. The van der Waals surface area contributed by atoms with Gasteiger partial charge in [0.15, 0.2) is 5.16 Å². The van der Waals surface area contributed by atoms with Crippen LogP contribution in [0.3, 0.4) is 0 Å². The van der Waals surface area contributed by atoms with Gasteiger partial charge in [-0.25, -0.2) is 0 Å². The Morgan fingerprint density at radius 2 is 2.12 bits per heavy atom. The topological polar surface area (TPSA) is 83.0 Å². The Morgan fingerprint density at radius 3 is 2.59 bits per heavy atom. The smallest absolute Gasteiger partial charge is 0.318 e. The second-order valence-corrected chi connectivity index (χ2v) is 5.16. The van der Waals surface area contributed by atoms with Crippen molar-refractivity contribution in [1.29, 1.82) is 0 Å². The Morgan fingerprint density at radius 1 is 1.47 bits per heavy atom. The van der Waals surface area contributed by atoms with Crippen molar-refractivity contribution in [2.45, 2.75) is 43.8 Å². The Hall–Kier alpha value is -1.08. The van der Waals surface area contributed by atoms with Crippen LogP contribution in [0.2, 0.25) is 0 Å². The summed E-state index contributed by atoms with van der Waals surface area (Å²) in [6.07, 6.45) is 0. The fraction of sp³-hybridized carbons (Fsp3) is 0.700. The predicted molar refractivity (Wildman–Crippen MR) is 65.6 cm³/mol. The number of aromatic nitrogens is 3. The maximum Gasteiger partial charge on any atom is 0.318 e. The van der Waals surface area contributed by atoms with E-state index in [2.05, 4.69) is 14.9 Å². The van der Waals surface area contributed by atoms with E-state index in [4.69, 9.17) is 5.73 Å². The molecule has 0 amide bonds. The summed E-state index contributed by atoms with van der Waals surface area (Å²) in [5.74, 6) is 0.446. The highest BCUT2D eigenvalue weighted by Gasteiger charge is 2.21. The van der Waals surface area contributed by atoms with E-state index in [0.717, 1.165) is 5.82 Å². The molecule has 2 N–H and O–H groups in total. The lowest BCUT2D eigenvalue weighted by Crippen LogP contribution is -2.17. The molecular formula is C10H18N4O2S. The SMILES string of the molecule is COC(=O)C(C)Sc1nnc(CN)n1C(C)C. The zero-order valence-electron chi connectivity index (χ0n) is 10.5. The van der Waals surface area contributed by atoms with Crippen LogP contribution in [0.5, 0.6) is 0 Å². The van der Waals surface area contributed by atoms with Crippen LogP contribution in [0, 0.1) is 0 Å². The molecule has 1 heterocycles. The molecule has 0 radical (unpaired) electrons. The Kier molecular flexibility index (Phi) is 4.95. The van der Waals surface area contributed by atoms with Crippen LogP contribution in [-0.2, 0) is 16.1 Å². The zero-order chi connectivity index (χ0) is 13.0. The molecule has 1 unspecified atom stereocenters. The molecule has 1 aromatic rings. The first-order valence-corrected chi connectivity index (χ1v) is 6.27. The molecule has 0 spiro atoms. The lowest BCUT2D eigenvalue weighted by molar-refractivity contribution is -0.139. The van der Waals surface area contributed by atoms with Crippen molar-refractivity contribution in [2.24, 2.45) is 5.73 Å². The largest absolute Gasteiger partial charge is 0.468 e. The minimum absolute atomic E-state index is 0.205. The van der Waals surface area contributed by atoms with Crippen molar-refractivity contribution in [3.8, 4) is 0 Å². The van der Waals surface area contributed by atoms with E-state index in [0.29, 0.717) is 11.7 Å². The first kappa shape index (κ1) is 14.0. The molecule has 1 rings (SSSR count). The van der Waals surface area contributed by atoms with E-state index in [-0.39, 0.29) is 17.3 Å². The first-order valence-electron chi connectivity index (χ1n) is 5.39. The molecule has 17 heavy (non-hydrogen) atoms. The van der Waals surface area contributed by atoms with E-state index in [1.807, 2.05) is 18.4 Å². The van der Waals surface area contributed by atoms with E-state index in [1.54, 1.807) is 6.92 Å². The van der Waals surface area contributed by atoms with Crippen LogP contribution in [0.1, 0.15) is 32.6 Å². The van der Waals surface area contributed by atoms with Gasteiger partial charge in [0, 0.05) is 6.04 Å². The van der Waals surface area contributed by atoms with Gasteiger partial charge in [0.25, 0.3) is 0 Å². The summed E-state index contributed by atoms with van der Waals surface area (Å²) in [4.78, 5) is 11.3. The van der Waals surface area contributed by atoms with Gasteiger partial charge >= 0.3 is 5.97 Å². The molecule has 0 aliphatic heterocycles. The highest BCUT2D eigenvalue weighted by molar-refractivity contribution is 8.00. The van der Waals surface area contributed by atoms with Crippen LogP contribution in [0.4, 0.5) is 0 Å². The number of carbonyl (C=O) groups is 1. The number of carbonyl (C=O) groups excluding carboxylic acids is 1. The maximum absolute atomic E-state index is 11.3. The third kappa shape index (κ3) is 3.19. The average molecular weight is 258 g/mol. The van der Waals surface area contributed by atoms with E-state index in [1.165, 1.54) is 18.9 Å². The molecule has 0 aromatic carbocycles. The van der Waals surface area contributed by atoms with Crippen LogP contribution in [0.25, 0.3) is 0 Å². The van der Waals surface area contributed by atoms with E-state index < -0.39 is 0 Å². The van der Waals surface area contributed by atoms with E-state index in [9.17, 15) is 4.79 Å². The van der Waals surface area contributed by atoms with Crippen molar-refractivity contribution in [2.75, 3.05) is 7.11 Å². The number of esters is 1. The second-order valence-electron chi connectivity index (χ2n) is 3.85. The van der Waals surface area contributed by atoms with Gasteiger partial charge in [-0.1, -0.05) is 11.8 Å². The van der Waals surface area contributed by atoms with Gasteiger partial charge in [-0.2, -0.15) is 0 Å². The number of thioether (sulfide) groups is 1. The molecule has 1 aromatic heterocycles. The highest BCUT2D eigenvalue weighted by atomic mass is 32.2. The predicted octanol–water partition coefficient (Wildman–Crippen LogP) is 0.971. The third-order valence-electron chi connectivity index (χ3n) is 2.25. The third-order valence-corrected chi connectivity index (χ3v) is 3.28. The van der Waals surface area contributed by atoms with Gasteiger partial charge in [0.2, 0.25) is 0 Å². The molecule has 0 saturated carbocycles. The Labute approximate surface area is 105 Å². The molecule has 0 aliphatic rings. The summed E-state index contributed by atoms with van der Waals surface area (Å²) in [6.45, 7) is 6.15. The Balaban J connectivity index is 2.91. The van der Waals surface area contributed by atoms with Gasteiger partial charge in [-0.05, 0) is 20.8 Å². The van der Waals surface area contributed by atoms with Gasteiger partial charge in [0.1, 0.15) is 11.1 Å². The van der Waals surface area contributed by atoms with Crippen LogP contribution >= 0.6 is 11.8 Å². The quantitative estimate of drug-likeness (QED) is 0.626. The number of rotatable bonds is 5. The number of hydrogen-bond acceptors (Lipinski definition) is 6. The molecule has 0 aliphatic carbocycles. The highest BCUT2D eigenvalue weighted by Crippen LogP contribution is 2.25. The lowest BCUT2D eigenvalue weighted by Gasteiger charge is -2.14. The molecule has 7 heteroatoms. The molecule has 1 atom stereocenters. The summed E-state index contributed by atoms with van der Waals surface area (Å²) >= 11 is 1.33. The standard InChI is InChI=1S/C10H18N4O2S/c1-6(2)14-8(5-11)12-13-10(14)17-7(3)9(15)16-4/h6-7H,5,11H2,1-4H3. The molecule has 6 nitrogen and oxygen atoms in total. The molecular weight excluding hydrogens is 240 g/mol. The molecule has 0 fully saturated rings. The van der Waals surface area contributed by atoms with Gasteiger partial charge in [0.05, 0.1) is 13.7 Å². The van der Waals surface area contributed by atoms with Gasteiger partial charge in [-0.3, -0.25) is 4.79 Å². The average Bonchev–Trinajstić information content (AvgIpc) is 2.70. The Bertz CT molecular complexity index is 392. The summed E-state index contributed by atoms with van der Waals surface area (Å²) in [5.41, 5.74) is 5.59. The minimum Gasteiger partial charge on any atom is -0.468 e. The van der Waals surface area contributed by atoms with Crippen LogP contribution < -0.4 is 5.73 Å². The summed E-state index contributed by atoms with van der Waals surface area (Å²) in [7, 11) is 1.37. The summed E-state index contributed by atoms with van der Waals surface area (Å²) < 4.78 is 6.61. The fourth-order valence-corrected chi connectivity index (χ4v) is 2.44. The van der Waals surface area contributed by atoms with Crippen molar-refractivity contribution >= 4 is 17.7 Å². The number of methoxy groups -OCH3 is 1. The number of ether oxygens (including phenoxy) is 1. The maximum atomic E-state index is 11.3. The van der Waals surface area contributed by atoms with Crippen LogP contribution in [-0.4, -0.2) is 33.1 Å². The van der Waals surface area contributed by atoms with Crippen molar-refractivity contribution in [3.63, 3.8) is 0 Å². The van der Waals surface area contributed by atoms with E-state index >= 15 is 0 Å². The first-order chi connectivity index (χ1) is 8.01. The van der Waals surface area contributed by atoms with Gasteiger partial charge in [-0.15, -0.1) is 10.2 Å². The van der Waals surface area contributed by atoms with Crippen LogP contribution in [0.15, 0.2) is 5.16 Å². The molecule has 0 saturated heterocycles. The van der Waals surface area contributed by atoms with Gasteiger partial charge < -0.3 is 15.0 Å². The number of nitrogens with zero attached hydrogens (tertiary/aromatic N) is 3. The van der Waals surface area contributed by atoms with Crippen molar-refractivity contribution in [1.82, 2.24) is 14.8 Å². The summed E-state index contributed by atoms with van der Waals surface area (Å²) in [5, 5.41) is 8.44. The molecule has 96 valence electrons. The zero-order valence-corrected chi connectivity index (χ0v) is 11.3. The second kappa shape index (κ2) is 6.02. The summed E-state index contributed by atoms with van der Waals surface area (Å²) in [6, 6.07) is 0.205. The lowest BCUT2D eigenvalue weighted by atomic mass is 10.4. The number of nitrogens with two attached hydrogens (primary N) is 1. The minimum atomic E-state index is -0.313. The van der Waals surface area contributed by atoms with Crippen molar-refractivity contribution in [3.05, 3.63) is 5.82 Å². The normalized spacial score (nSPS) is 12.8. The molecule has 0 bridgehead atoms. The fourth-order valence-electron chi connectivity index (χ4n) is 1.42.